The molecule has 138 valence electrons. The van der Waals surface area contributed by atoms with Crippen molar-refractivity contribution in [2.45, 2.75) is 20.0 Å². The molecule has 0 unspecified atom stereocenters. The van der Waals surface area contributed by atoms with Crippen LogP contribution in [-0.2, 0) is 13.1 Å². The highest BCUT2D eigenvalue weighted by Gasteiger charge is 2.16. The number of nitrogens with zero attached hydrogens (tertiary/aromatic N) is 2. The fourth-order valence-corrected chi connectivity index (χ4v) is 3.62. The molecule has 5 nitrogen and oxygen atoms in total. The van der Waals surface area contributed by atoms with Crippen LogP contribution < -0.4 is 10.1 Å². The van der Waals surface area contributed by atoms with E-state index >= 15 is 0 Å². The molecule has 0 fully saturated rings. The number of anilines is 1. The van der Waals surface area contributed by atoms with Crippen molar-refractivity contribution in [3.05, 3.63) is 59.2 Å². The van der Waals surface area contributed by atoms with Crippen LogP contribution in [0.5, 0.6) is 11.6 Å². The van der Waals surface area contributed by atoms with Crippen LogP contribution in [0.15, 0.2) is 48.7 Å². The van der Waals surface area contributed by atoms with Gasteiger partial charge in [-0.3, -0.25) is 0 Å². The van der Waals surface area contributed by atoms with E-state index in [0.29, 0.717) is 23.9 Å². The first kappa shape index (κ1) is 17.5. The van der Waals surface area contributed by atoms with Gasteiger partial charge in [0.2, 0.25) is 5.88 Å². The van der Waals surface area contributed by atoms with Crippen molar-refractivity contribution in [2.75, 3.05) is 12.4 Å². The van der Waals surface area contributed by atoms with Crippen molar-refractivity contribution < 1.29 is 9.84 Å². The van der Waals surface area contributed by atoms with Crippen molar-refractivity contribution in [2.24, 2.45) is 0 Å². The van der Waals surface area contributed by atoms with Crippen LogP contribution in [0.3, 0.4) is 0 Å². The molecule has 2 N–H and O–H groups in total. The lowest BCUT2D eigenvalue weighted by Crippen LogP contribution is -2.01. The molecule has 0 saturated carbocycles. The van der Waals surface area contributed by atoms with Gasteiger partial charge in [0, 0.05) is 24.7 Å². The molecule has 2 aromatic carbocycles. The second-order valence-electron chi connectivity index (χ2n) is 6.33. The Morgan fingerprint density at radius 1 is 1.19 bits per heavy atom. The van der Waals surface area contributed by atoms with E-state index < -0.39 is 0 Å². The maximum atomic E-state index is 10.7. The minimum Gasteiger partial charge on any atom is -0.495 e. The number of rotatable bonds is 5. The summed E-state index contributed by atoms with van der Waals surface area (Å²) in [4.78, 5) is 4.70. The number of pyridine rings is 1. The molecular formula is C21H20ClN3O2. The fraction of sp³-hybridized carbons (Fsp3) is 0.190. The average molecular weight is 382 g/mol. The summed E-state index contributed by atoms with van der Waals surface area (Å²) in [5.74, 6) is 0.871. The number of ether oxygens (including phenoxy) is 1. The average Bonchev–Trinajstić information content (AvgIpc) is 3.01. The highest BCUT2D eigenvalue weighted by atomic mass is 35.5. The number of methoxy groups -OCH3 is 1. The molecule has 0 aliphatic rings. The number of nitrogens with one attached hydrogen (secondary N) is 1. The highest BCUT2D eigenvalue weighted by molar-refractivity contribution is 6.32. The lowest BCUT2D eigenvalue weighted by molar-refractivity contribution is 0.415. The number of fused-ring (bicyclic) bond motifs is 2. The number of para-hydroxylation sites is 1. The molecule has 2 aromatic heterocycles. The van der Waals surface area contributed by atoms with Gasteiger partial charge in [0.25, 0.3) is 0 Å². The molecule has 4 aromatic rings. The summed E-state index contributed by atoms with van der Waals surface area (Å²) in [5, 5.41) is 16.4. The van der Waals surface area contributed by atoms with Gasteiger partial charge < -0.3 is 19.7 Å². The lowest BCUT2D eigenvalue weighted by Gasteiger charge is -2.13. The molecule has 0 atom stereocenters. The largest absolute Gasteiger partial charge is 0.495 e. The molecule has 0 amide bonds. The monoisotopic (exact) mass is 381 g/mol. The van der Waals surface area contributed by atoms with E-state index in [9.17, 15) is 5.11 Å². The topological polar surface area (TPSA) is 59.3 Å². The van der Waals surface area contributed by atoms with Gasteiger partial charge in [-0.2, -0.15) is 0 Å². The third kappa shape index (κ3) is 3.04. The van der Waals surface area contributed by atoms with Crippen LogP contribution in [0.2, 0.25) is 5.02 Å². The highest BCUT2D eigenvalue weighted by Crippen LogP contribution is 2.38. The van der Waals surface area contributed by atoms with Crippen LogP contribution in [0.4, 0.5) is 5.69 Å². The molecule has 0 spiro atoms. The Balaban J connectivity index is 1.81. The van der Waals surface area contributed by atoms with E-state index in [2.05, 4.69) is 5.32 Å². The van der Waals surface area contributed by atoms with Crippen molar-refractivity contribution in [1.29, 1.82) is 0 Å². The Bertz CT molecular complexity index is 1140. The van der Waals surface area contributed by atoms with E-state index in [-0.39, 0.29) is 5.88 Å². The number of hydrogen-bond donors (Lipinski definition) is 2. The summed E-state index contributed by atoms with van der Waals surface area (Å²) in [6.45, 7) is 3.22. The Labute approximate surface area is 162 Å². The first-order chi connectivity index (χ1) is 13.1. The summed E-state index contributed by atoms with van der Waals surface area (Å²) in [6, 6.07) is 13.6. The predicted molar refractivity (Wildman–Crippen MR) is 110 cm³/mol. The van der Waals surface area contributed by atoms with Crippen LogP contribution in [0.1, 0.15) is 12.5 Å². The zero-order chi connectivity index (χ0) is 19.0. The number of aromatic nitrogens is 2. The van der Waals surface area contributed by atoms with Crippen molar-refractivity contribution >= 4 is 39.1 Å². The van der Waals surface area contributed by atoms with Gasteiger partial charge >= 0.3 is 0 Å². The van der Waals surface area contributed by atoms with E-state index in [0.717, 1.165) is 33.1 Å². The van der Waals surface area contributed by atoms with E-state index in [1.54, 1.807) is 11.7 Å². The predicted octanol–water partition coefficient (Wildman–Crippen LogP) is 5.19. The van der Waals surface area contributed by atoms with Crippen LogP contribution in [0.25, 0.3) is 21.8 Å². The van der Waals surface area contributed by atoms with Gasteiger partial charge in [0.15, 0.2) is 0 Å². The third-order valence-electron chi connectivity index (χ3n) is 4.72. The van der Waals surface area contributed by atoms with Gasteiger partial charge in [-0.25, -0.2) is 4.98 Å². The molecule has 4 rings (SSSR count). The SMILES string of the molecule is CCn1cc2nc3ccccc3c(NCc3ccc(OC)c(Cl)c3)c2c1O. The molecule has 0 bridgehead atoms. The minimum atomic E-state index is 0.223. The second-order valence-corrected chi connectivity index (χ2v) is 6.73. The van der Waals surface area contributed by atoms with Crippen LogP contribution in [-0.4, -0.2) is 21.8 Å². The van der Waals surface area contributed by atoms with E-state index in [1.165, 1.54) is 0 Å². The molecule has 0 saturated heterocycles. The molecule has 0 aliphatic carbocycles. The first-order valence-electron chi connectivity index (χ1n) is 8.79. The zero-order valence-electron chi connectivity index (χ0n) is 15.2. The second kappa shape index (κ2) is 7.00. The molecule has 6 heteroatoms. The Hall–Kier alpha value is -2.92. The summed E-state index contributed by atoms with van der Waals surface area (Å²) >= 11 is 6.24. The first-order valence-corrected chi connectivity index (χ1v) is 9.17. The quantitative estimate of drug-likeness (QED) is 0.499. The van der Waals surface area contributed by atoms with Crippen molar-refractivity contribution in [3.8, 4) is 11.6 Å². The molecule has 27 heavy (non-hydrogen) atoms. The zero-order valence-corrected chi connectivity index (χ0v) is 15.9. The number of aromatic hydroxyl groups is 1. The summed E-state index contributed by atoms with van der Waals surface area (Å²) in [6.07, 6.45) is 1.88. The smallest absolute Gasteiger partial charge is 0.202 e. The number of hydrogen-bond acceptors (Lipinski definition) is 4. The van der Waals surface area contributed by atoms with Crippen LogP contribution >= 0.6 is 11.6 Å². The Morgan fingerprint density at radius 3 is 2.74 bits per heavy atom. The van der Waals surface area contributed by atoms with Gasteiger partial charge in [-0.1, -0.05) is 35.9 Å². The third-order valence-corrected chi connectivity index (χ3v) is 5.02. The minimum absolute atomic E-state index is 0.223. The van der Waals surface area contributed by atoms with E-state index in [4.69, 9.17) is 21.3 Å². The van der Waals surface area contributed by atoms with Gasteiger partial charge in [-0.05, 0) is 30.7 Å². The number of benzene rings is 2. The number of halogens is 1. The molecule has 0 radical (unpaired) electrons. The van der Waals surface area contributed by atoms with Gasteiger partial charge in [-0.15, -0.1) is 0 Å². The Kier molecular flexibility index (Phi) is 4.54. The number of aryl methyl sites for hydroxylation is 1. The summed E-state index contributed by atoms with van der Waals surface area (Å²) in [5.41, 5.74) is 3.54. The van der Waals surface area contributed by atoms with Crippen molar-refractivity contribution in [1.82, 2.24) is 9.55 Å². The fourth-order valence-electron chi connectivity index (χ4n) is 3.34. The van der Waals surface area contributed by atoms with E-state index in [1.807, 2.05) is 55.6 Å². The summed E-state index contributed by atoms with van der Waals surface area (Å²) < 4.78 is 7.01. The normalized spacial score (nSPS) is 11.2. The van der Waals surface area contributed by atoms with Gasteiger partial charge in [0.1, 0.15) is 5.75 Å². The summed E-state index contributed by atoms with van der Waals surface area (Å²) in [7, 11) is 1.60. The maximum absolute atomic E-state index is 10.7. The van der Waals surface area contributed by atoms with Gasteiger partial charge in [0.05, 0.1) is 34.2 Å². The van der Waals surface area contributed by atoms with Crippen LogP contribution in [0, 0.1) is 0 Å². The molecule has 2 heterocycles. The Morgan fingerprint density at radius 2 is 2.00 bits per heavy atom. The lowest BCUT2D eigenvalue weighted by atomic mass is 10.1. The molecule has 0 aliphatic heterocycles. The standard InChI is InChI=1S/C21H20ClN3O2/c1-3-25-12-17-19(21(25)26)20(14-6-4-5-7-16(14)24-17)23-11-13-8-9-18(27-2)15(22)10-13/h4-10,12,23,26H,3,11H2,1-2H3. The van der Waals surface area contributed by atoms with Crippen molar-refractivity contribution in [3.63, 3.8) is 0 Å². The maximum Gasteiger partial charge on any atom is 0.202 e. The molecular weight excluding hydrogens is 362 g/mol.